The molecule has 1 atom stereocenters. The Morgan fingerprint density at radius 2 is 2.00 bits per heavy atom. The number of benzene rings is 1. The van der Waals surface area contributed by atoms with Gasteiger partial charge < -0.3 is 15.2 Å². The van der Waals surface area contributed by atoms with Gasteiger partial charge in [-0.2, -0.15) is 0 Å². The summed E-state index contributed by atoms with van der Waals surface area (Å²) in [6, 6.07) is 6.56. The summed E-state index contributed by atoms with van der Waals surface area (Å²) in [6.07, 6.45) is -0.102. The monoisotopic (exact) mass is 251 g/mol. The van der Waals surface area contributed by atoms with Gasteiger partial charge in [0.2, 0.25) is 0 Å². The normalized spacial score (nSPS) is 19.9. The van der Waals surface area contributed by atoms with Crippen LogP contribution in [0.25, 0.3) is 0 Å². The molecule has 1 aliphatic rings. The number of aromatic carboxylic acids is 1. The summed E-state index contributed by atoms with van der Waals surface area (Å²) >= 11 is 5.34. The summed E-state index contributed by atoms with van der Waals surface area (Å²) < 4.78 is 5.55. The van der Waals surface area contributed by atoms with E-state index < -0.39 is 5.97 Å². The van der Waals surface area contributed by atoms with Crippen LogP contribution in [0.3, 0.4) is 0 Å². The van der Waals surface area contributed by atoms with Crippen LogP contribution in [0.4, 0.5) is 0 Å². The van der Waals surface area contributed by atoms with Crippen molar-refractivity contribution in [3.8, 4) is 0 Å². The molecule has 17 heavy (non-hydrogen) atoms. The third kappa shape index (κ3) is 2.88. The van der Waals surface area contributed by atoms with Crippen molar-refractivity contribution in [2.75, 3.05) is 19.7 Å². The zero-order valence-electron chi connectivity index (χ0n) is 9.18. The molecule has 1 aromatic rings. The fraction of sp³-hybridized carbons (Fsp3) is 0.333. The van der Waals surface area contributed by atoms with Gasteiger partial charge in [-0.05, 0) is 17.7 Å². The van der Waals surface area contributed by atoms with E-state index in [0.29, 0.717) is 18.0 Å². The molecule has 1 aromatic carbocycles. The number of hydrogen-bond acceptors (Lipinski definition) is 4. The summed E-state index contributed by atoms with van der Waals surface area (Å²) in [5, 5.41) is 12.0. The molecule has 1 fully saturated rings. The van der Waals surface area contributed by atoms with Crippen molar-refractivity contribution in [1.29, 1.82) is 0 Å². The van der Waals surface area contributed by atoms with E-state index in [9.17, 15) is 4.79 Å². The van der Waals surface area contributed by atoms with E-state index in [2.05, 4.69) is 5.32 Å². The first-order chi connectivity index (χ1) is 8.18. The highest BCUT2D eigenvalue weighted by Crippen LogP contribution is 2.11. The lowest BCUT2D eigenvalue weighted by Gasteiger charge is -2.24. The van der Waals surface area contributed by atoms with Crippen molar-refractivity contribution in [3.05, 3.63) is 35.4 Å². The second kappa shape index (κ2) is 5.35. The quantitative estimate of drug-likeness (QED) is 0.622. The third-order valence-corrected chi connectivity index (χ3v) is 3.14. The lowest BCUT2D eigenvalue weighted by Crippen LogP contribution is -2.42. The van der Waals surface area contributed by atoms with Gasteiger partial charge in [-0.25, -0.2) is 4.79 Å². The molecule has 1 unspecified atom stereocenters. The summed E-state index contributed by atoms with van der Waals surface area (Å²) in [5.74, 6) is -0.932. The molecule has 0 amide bonds. The maximum atomic E-state index is 10.7. The molecule has 90 valence electrons. The fourth-order valence-corrected chi connectivity index (χ4v) is 1.98. The Labute approximate surface area is 105 Å². The van der Waals surface area contributed by atoms with Crippen molar-refractivity contribution >= 4 is 23.1 Å². The topological polar surface area (TPSA) is 58.6 Å². The number of thiocarbonyl (C=S) groups is 1. The summed E-state index contributed by atoms with van der Waals surface area (Å²) in [5.41, 5.74) is 1.11. The smallest absolute Gasteiger partial charge is 0.335 e. The average Bonchev–Trinajstić information content (AvgIpc) is 2.39. The Morgan fingerprint density at radius 3 is 2.53 bits per heavy atom. The lowest BCUT2D eigenvalue weighted by molar-refractivity contribution is 0.0697. The van der Waals surface area contributed by atoms with Gasteiger partial charge in [0.05, 0.1) is 17.0 Å². The van der Waals surface area contributed by atoms with Crippen LogP contribution in [0.1, 0.15) is 15.9 Å². The Morgan fingerprint density at radius 1 is 1.35 bits per heavy atom. The van der Waals surface area contributed by atoms with E-state index in [1.54, 1.807) is 24.3 Å². The molecular weight excluding hydrogens is 238 g/mol. The van der Waals surface area contributed by atoms with E-state index in [1.807, 2.05) is 0 Å². The molecule has 1 saturated heterocycles. The molecule has 0 spiro atoms. The van der Waals surface area contributed by atoms with E-state index >= 15 is 0 Å². The first kappa shape index (κ1) is 12.2. The van der Waals surface area contributed by atoms with Gasteiger partial charge in [-0.3, -0.25) is 0 Å². The Kier molecular flexibility index (Phi) is 3.83. The number of carbonyl (C=O) groups is 1. The Hall–Kier alpha value is -1.30. The predicted molar refractivity (Wildman–Crippen MR) is 67.7 cm³/mol. The van der Waals surface area contributed by atoms with E-state index in [4.69, 9.17) is 22.1 Å². The minimum atomic E-state index is -0.932. The minimum Gasteiger partial charge on any atom is -0.478 e. The van der Waals surface area contributed by atoms with Gasteiger partial charge in [-0.1, -0.05) is 24.4 Å². The van der Waals surface area contributed by atoms with E-state index in [1.165, 1.54) is 0 Å². The molecule has 2 N–H and O–H groups in total. The highest BCUT2D eigenvalue weighted by molar-refractivity contribution is 7.81. The number of ether oxygens (including phenoxy) is 1. The van der Waals surface area contributed by atoms with Crippen molar-refractivity contribution in [2.24, 2.45) is 0 Å². The highest BCUT2D eigenvalue weighted by atomic mass is 32.1. The summed E-state index contributed by atoms with van der Waals surface area (Å²) in [7, 11) is 0. The zero-order chi connectivity index (χ0) is 12.3. The zero-order valence-corrected chi connectivity index (χ0v) is 10.00. The number of hydrogen-bond donors (Lipinski definition) is 2. The molecule has 0 saturated carbocycles. The van der Waals surface area contributed by atoms with Crippen LogP contribution in [-0.2, 0) is 4.74 Å². The van der Waals surface area contributed by atoms with Crippen molar-refractivity contribution in [2.45, 2.75) is 6.10 Å². The third-order valence-electron chi connectivity index (χ3n) is 2.64. The van der Waals surface area contributed by atoms with Crippen molar-refractivity contribution < 1.29 is 14.6 Å². The van der Waals surface area contributed by atoms with Gasteiger partial charge in [0.15, 0.2) is 0 Å². The summed E-state index contributed by atoms with van der Waals surface area (Å²) in [4.78, 5) is 11.4. The van der Waals surface area contributed by atoms with Crippen LogP contribution in [-0.4, -0.2) is 41.7 Å². The Balaban J connectivity index is 2.10. The second-order valence-corrected chi connectivity index (χ2v) is 4.25. The van der Waals surface area contributed by atoms with Crippen molar-refractivity contribution in [3.63, 3.8) is 0 Å². The number of carboxylic acid groups (broad SMARTS) is 1. The molecular formula is C12H13NO3S. The molecule has 0 bridgehead atoms. The first-order valence-electron chi connectivity index (χ1n) is 5.38. The molecule has 1 heterocycles. The van der Waals surface area contributed by atoms with Gasteiger partial charge in [0, 0.05) is 13.1 Å². The maximum Gasteiger partial charge on any atom is 0.335 e. The van der Waals surface area contributed by atoms with Gasteiger partial charge in [0.1, 0.15) is 6.10 Å². The predicted octanol–water partition coefficient (Wildman–Crippen LogP) is 1.09. The first-order valence-corrected chi connectivity index (χ1v) is 5.79. The van der Waals surface area contributed by atoms with Crippen LogP contribution in [0.15, 0.2) is 24.3 Å². The molecule has 0 aliphatic carbocycles. The lowest BCUT2D eigenvalue weighted by atomic mass is 10.0. The Bertz CT molecular complexity index is 424. The van der Waals surface area contributed by atoms with Gasteiger partial charge >= 0.3 is 5.97 Å². The maximum absolute atomic E-state index is 10.7. The second-order valence-electron chi connectivity index (χ2n) is 3.81. The largest absolute Gasteiger partial charge is 0.478 e. The van der Waals surface area contributed by atoms with Crippen LogP contribution < -0.4 is 5.32 Å². The molecule has 0 radical (unpaired) electrons. The number of morpholine rings is 1. The van der Waals surface area contributed by atoms with Crippen LogP contribution in [0.2, 0.25) is 0 Å². The fourth-order valence-electron chi connectivity index (χ4n) is 1.70. The average molecular weight is 251 g/mol. The van der Waals surface area contributed by atoms with Crippen molar-refractivity contribution in [1.82, 2.24) is 5.32 Å². The molecule has 4 nitrogen and oxygen atoms in total. The molecule has 0 aromatic heterocycles. The SMILES string of the molecule is O=C(O)c1ccc(C(=S)C2CNCCO2)cc1. The molecule has 1 aliphatic heterocycles. The number of rotatable bonds is 3. The van der Waals surface area contributed by atoms with E-state index in [0.717, 1.165) is 12.1 Å². The summed E-state index contributed by atoms with van der Waals surface area (Å²) in [6.45, 7) is 2.20. The standard InChI is InChI=1S/C12H13NO3S/c14-12(15)9-3-1-8(2-4-9)11(17)10-7-13-5-6-16-10/h1-4,10,13H,5-7H2,(H,14,15). The highest BCUT2D eigenvalue weighted by Gasteiger charge is 2.19. The number of carboxylic acids is 1. The minimum absolute atomic E-state index is 0.102. The van der Waals surface area contributed by atoms with Crippen LogP contribution in [0.5, 0.6) is 0 Å². The molecule has 2 rings (SSSR count). The molecule has 5 heteroatoms. The van der Waals surface area contributed by atoms with Crippen LogP contribution >= 0.6 is 12.2 Å². The van der Waals surface area contributed by atoms with Crippen LogP contribution in [0, 0.1) is 0 Å². The number of nitrogens with one attached hydrogen (secondary N) is 1. The van der Waals surface area contributed by atoms with Gasteiger partial charge in [-0.15, -0.1) is 0 Å². The van der Waals surface area contributed by atoms with E-state index in [-0.39, 0.29) is 11.7 Å². The van der Waals surface area contributed by atoms with Gasteiger partial charge in [0.25, 0.3) is 0 Å².